The molecule has 0 fully saturated rings. The van der Waals surface area contributed by atoms with Crippen molar-refractivity contribution in [3.05, 3.63) is 69.8 Å². The summed E-state index contributed by atoms with van der Waals surface area (Å²) in [4.78, 5) is 34.8. The molecule has 0 aromatic heterocycles. The van der Waals surface area contributed by atoms with Gasteiger partial charge in [-0.3, -0.25) is 30.6 Å². The molecule has 8 heteroatoms. The van der Waals surface area contributed by atoms with E-state index in [-0.39, 0.29) is 17.2 Å². The van der Waals surface area contributed by atoms with Gasteiger partial charge in [0.15, 0.2) is 6.10 Å². The highest BCUT2D eigenvalue weighted by Gasteiger charge is 2.22. The van der Waals surface area contributed by atoms with Gasteiger partial charge in [-0.1, -0.05) is 44.2 Å². The summed E-state index contributed by atoms with van der Waals surface area (Å²) >= 11 is 0. The molecule has 0 aliphatic carbocycles. The Labute approximate surface area is 163 Å². The summed E-state index contributed by atoms with van der Waals surface area (Å²) in [6, 6.07) is 12.9. The van der Waals surface area contributed by atoms with Crippen molar-refractivity contribution >= 4 is 17.5 Å². The normalized spacial score (nSPS) is 12.5. The predicted octanol–water partition coefficient (Wildman–Crippen LogP) is 3.34. The summed E-state index contributed by atoms with van der Waals surface area (Å²) in [7, 11) is 0. The molecule has 0 heterocycles. The Morgan fingerprint density at radius 3 is 2.39 bits per heavy atom. The van der Waals surface area contributed by atoms with Gasteiger partial charge < -0.3 is 4.74 Å². The third-order valence-electron chi connectivity index (χ3n) is 4.38. The second-order valence-electron chi connectivity index (χ2n) is 6.32. The summed E-state index contributed by atoms with van der Waals surface area (Å²) in [5.41, 5.74) is 4.93. The lowest BCUT2D eigenvalue weighted by Gasteiger charge is -2.19. The summed E-state index contributed by atoms with van der Waals surface area (Å²) in [5, 5.41) is 11.0. The van der Waals surface area contributed by atoms with Gasteiger partial charge in [-0.15, -0.1) is 0 Å². The van der Waals surface area contributed by atoms with Gasteiger partial charge in [-0.25, -0.2) is 0 Å². The maximum atomic E-state index is 12.3. The number of para-hydroxylation sites is 2. The van der Waals surface area contributed by atoms with Gasteiger partial charge in [0, 0.05) is 6.07 Å². The Bertz CT molecular complexity index is 868. The van der Waals surface area contributed by atoms with Gasteiger partial charge >= 0.3 is 0 Å². The van der Waals surface area contributed by atoms with Crippen LogP contribution >= 0.6 is 0 Å². The number of carbonyl (C=O) groups excluding carboxylic acids is 2. The van der Waals surface area contributed by atoms with Gasteiger partial charge in [0.1, 0.15) is 11.3 Å². The Morgan fingerprint density at radius 1 is 1.07 bits per heavy atom. The summed E-state index contributed by atoms with van der Waals surface area (Å²) in [6.45, 7) is 5.69. The van der Waals surface area contributed by atoms with Crippen LogP contribution in [0.1, 0.15) is 49.0 Å². The molecule has 0 saturated heterocycles. The average Bonchev–Trinajstić information content (AvgIpc) is 2.71. The number of nitrogens with one attached hydrogen (secondary N) is 2. The molecule has 0 bridgehead atoms. The van der Waals surface area contributed by atoms with Crippen molar-refractivity contribution in [2.24, 2.45) is 0 Å². The minimum atomic E-state index is -0.878. The Kier molecular flexibility index (Phi) is 7.08. The van der Waals surface area contributed by atoms with Gasteiger partial charge in [0.2, 0.25) is 0 Å². The molecule has 148 valence electrons. The van der Waals surface area contributed by atoms with E-state index in [2.05, 4.69) is 24.7 Å². The largest absolute Gasteiger partial charge is 0.481 e. The second-order valence-corrected chi connectivity index (χ2v) is 6.32. The molecule has 2 aromatic rings. The van der Waals surface area contributed by atoms with E-state index < -0.39 is 22.8 Å². The maximum Gasteiger partial charge on any atom is 0.282 e. The number of nitro benzene ring substituents is 1. The summed E-state index contributed by atoms with van der Waals surface area (Å²) < 4.78 is 5.76. The lowest BCUT2D eigenvalue weighted by atomic mass is 9.98. The molecule has 2 aromatic carbocycles. The fraction of sp³-hybridized carbons (Fsp3) is 0.300. The molecule has 0 saturated carbocycles. The highest BCUT2D eigenvalue weighted by molar-refractivity contribution is 5.99. The van der Waals surface area contributed by atoms with Gasteiger partial charge in [-0.2, -0.15) is 0 Å². The molecule has 0 radical (unpaired) electrons. The fourth-order valence-electron chi connectivity index (χ4n) is 2.57. The molecule has 8 nitrogen and oxygen atoms in total. The van der Waals surface area contributed by atoms with Crippen LogP contribution in [0.4, 0.5) is 5.69 Å². The van der Waals surface area contributed by atoms with Crippen LogP contribution in [-0.2, 0) is 4.79 Å². The molecule has 0 aliphatic rings. The molecular weight excluding hydrogens is 362 g/mol. The third-order valence-corrected chi connectivity index (χ3v) is 4.38. The van der Waals surface area contributed by atoms with Crippen molar-refractivity contribution in [3.8, 4) is 5.75 Å². The van der Waals surface area contributed by atoms with Crippen molar-refractivity contribution < 1.29 is 19.2 Å². The number of hydrogen-bond donors (Lipinski definition) is 2. The van der Waals surface area contributed by atoms with E-state index in [1.165, 1.54) is 24.3 Å². The minimum Gasteiger partial charge on any atom is -0.481 e. The van der Waals surface area contributed by atoms with Crippen molar-refractivity contribution in [1.29, 1.82) is 0 Å². The second kappa shape index (κ2) is 9.50. The standard InChI is InChI=1S/C20H23N3O5/c1-4-13(2)15-9-6-8-12-18(15)28-14(3)19(24)21-22-20(25)16-10-5-7-11-17(16)23(26)27/h5-14H,4H2,1-3H3,(H,21,24)(H,22,25). The van der Waals surface area contributed by atoms with Crippen LogP contribution < -0.4 is 15.6 Å². The Hall–Kier alpha value is -3.42. The number of carbonyl (C=O) groups is 2. The highest BCUT2D eigenvalue weighted by Crippen LogP contribution is 2.29. The maximum absolute atomic E-state index is 12.3. The van der Waals surface area contributed by atoms with E-state index in [1.54, 1.807) is 13.0 Å². The van der Waals surface area contributed by atoms with Crippen LogP contribution in [-0.4, -0.2) is 22.8 Å². The molecule has 2 rings (SSSR count). The average molecular weight is 385 g/mol. The number of hydrogen-bond acceptors (Lipinski definition) is 5. The lowest BCUT2D eigenvalue weighted by molar-refractivity contribution is -0.385. The van der Waals surface area contributed by atoms with Crippen LogP contribution in [0.3, 0.4) is 0 Å². The first-order chi connectivity index (χ1) is 13.3. The molecular formula is C20H23N3O5. The van der Waals surface area contributed by atoms with Crippen LogP contribution in [0.25, 0.3) is 0 Å². The first kappa shape index (κ1) is 20.9. The number of rotatable bonds is 7. The van der Waals surface area contributed by atoms with Crippen molar-refractivity contribution in [3.63, 3.8) is 0 Å². The van der Waals surface area contributed by atoms with E-state index in [9.17, 15) is 19.7 Å². The number of benzene rings is 2. The van der Waals surface area contributed by atoms with Gasteiger partial charge in [0.25, 0.3) is 17.5 Å². The van der Waals surface area contributed by atoms with Gasteiger partial charge in [0.05, 0.1) is 4.92 Å². The molecule has 2 atom stereocenters. The zero-order chi connectivity index (χ0) is 20.7. The zero-order valence-corrected chi connectivity index (χ0v) is 16.0. The van der Waals surface area contributed by atoms with Crippen molar-refractivity contribution in [2.75, 3.05) is 0 Å². The first-order valence-corrected chi connectivity index (χ1v) is 8.94. The number of amides is 2. The topological polar surface area (TPSA) is 111 Å². The van der Waals surface area contributed by atoms with E-state index >= 15 is 0 Å². The predicted molar refractivity (Wildman–Crippen MR) is 104 cm³/mol. The highest BCUT2D eigenvalue weighted by atomic mass is 16.6. The number of nitro groups is 1. The SMILES string of the molecule is CCC(C)c1ccccc1OC(C)C(=O)NNC(=O)c1ccccc1[N+](=O)[O-]. The molecule has 0 spiro atoms. The van der Waals surface area contributed by atoms with Crippen LogP contribution in [0.2, 0.25) is 0 Å². The third kappa shape index (κ3) is 5.06. The summed E-state index contributed by atoms with van der Waals surface area (Å²) in [5.74, 6) is -0.493. The van der Waals surface area contributed by atoms with Crippen molar-refractivity contribution in [1.82, 2.24) is 10.9 Å². The van der Waals surface area contributed by atoms with E-state index in [0.29, 0.717) is 5.75 Å². The smallest absolute Gasteiger partial charge is 0.282 e. The molecule has 2 amide bonds. The van der Waals surface area contributed by atoms with Crippen LogP contribution in [0, 0.1) is 10.1 Å². The van der Waals surface area contributed by atoms with Gasteiger partial charge in [-0.05, 0) is 37.0 Å². The van der Waals surface area contributed by atoms with Crippen LogP contribution in [0.15, 0.2) is 48.5 Å². The van der Waals surface area contributed by atoms with E-state index in [1.807, 2.05) is 18.2 Å². The van der Waals surface area contributed by atoms with E-state index in [4.69, 9.17) is 4.74 Å². The Morgan fingerprint density at radius 2 is 1.71 bits per heavy atom. The fourth-order valence-corrected chi connectivity index (χ4v) is 2.57. The molecule has 0 aliphatic heterocycles. The quantitative estimate of drug-likeness (QED) is 0.561. The number of hydrazine groups is 1. The number of nitrogens with zero attached hydrogens (tertiary/aromatic N) is 1. The molecule has 2 N–H and O–H groups in total. The summed E-state index contributed by atoms with van der Waals surface area (Å²) in [6.07, 6.45) is 0.0450. The minimum absolute atomic E-state index is 0.150. The lowest BCUT2D eigenvalue weighted by Crippen LogP contribution is -2.47. The Balaban J connectivity index is 2.01. The number of ether oxygens (including phenoxy) is 1. The van der Waals surface area contributed by atoms with Crippen molar-refractivity contribution in [2.45, 2.75) is 39.2 Å². The zero-order valence-electron chi connectivity index (χ0n) is 16.0. The monoisotopic (exact) mass is 385 g/mol. The molecule has 28 heavy (non-hydrogen) atoms. The molecule has 2 unspecified atom stereocenters. The first-order valence-electron chi connectivity index (χ1n) is 8.94. The van der Waals surface area contributed by atoms with E-state index in [0.717, 1.165) is 12.0 Å². The van der Waals surface area contributed by atoms with Crippen LogP contribution in [0.5, 0.6) is 5.75 Å².